The molecule has 1 atom stereocenters. The fourth-order valence-corrected chi connectivity index (χ4v) is 3.01. The highest BCUT2D eigenvalue weighted by Crippen LogP contribution is 2.30. The average Bonchev–Trinajstić information content (AvgIpc) is 3.06. The van der Waals surface area contributed by atoms with Crippen molar-refractivity contribution >= 4 is 39.2 Å². The Morgan fingerprint density at radius 1 is 0.963 bits per heavy atom. The van der Waals surface area contributed by atoms with E-state index in [0.29, 0.717) is 11.3 Å². The number of carbonyl (C=O) groups excluding carboxylic acids is 1. The molecule has 0 saturated carbocycles. The van der Waals surface area contributed by atoms with Gasteiger partial charge in [-0.3, -0.25) is 4.79 Å². The van der Waals surface area contributed by atoms with E-state index in [0.717, 1.165) is 27.6 Å². The van der Waals surface area contributed by atoms with E-state index in [1.165, 1.54) is 0 Å². The van der Waals surface area contributed by atoms with Crippen LogP contribution in [-0.2, 0) is 4.79 Å². The maximum atomic E-state index is 12.4. The molecule has 2 N–H and O–H groups in total. The number of anilines is 2. The normalized spacial score (nSPS) is 11.9. The molecule has 27 heavy (non-hydrogen) atoms. The Kier molecular flexibility index (Phi) is 4.23. The van der Waals surface area contributed by atoms with E-state index in [1.54, 1.807) is 31.2 Å². The first-order valence-electron chi connectivity index (χ1n) is 8.63. The van der Waals surface area contributed by atoms with Crippen molar-refractivity contribution in [1.82, 2.24) is 0 Å². The number of benzene rings is 3. The number of fused-ring (bicyclic) bond motifs is 3. The molecule has 3 aromatic carbocycles. The third kappa shape index (κ3) is 3.33. The van der Waals surface area contributed by atoms with E-state index in [4.69, 9.17) is 9.68 Å². The molecule has 0 aliphatic carbocycles. The molecule has 4 rings (SSSR count). The van der Waals surface area contributed by atoms with Crippen LogP contribution in [0.15, 0.2) is 71.1 Å². The van der Waals surface area contributed by atoms with Gasteiger partial charge >= 0.3 is 0 Å². The first-order valence-corrected chi connectivity index (χ1v) is 8.63. The number of nitrogens with one attached hydrogen (secondary N) is 2. The number of nitriles is 1. The van der Waals surface area contributed by atoms with Crippen molar-refractivity contribution < 1.29 is 9.21 Å². The fourth-order valence-electron chi connectivity index (χ4n) is 3.01. The minimum absolute atomic E-state index is 0.156. The van der Waals surface area contributed by atoms with Crippen LogP contribution in [0.3, 0.4) is 0 Å². The Morgan fingerprint density at radius 3 is 2.44 bits per heavy atom. The summed E-state index contributed by atoms with van der Waals surface area (Å²) in [5.41, 5.74) is 3.72. The number of rotatable bonds is 4. The van der Waals surface area contributed by atoms with Crippen LogP contribution in [0.2, 0.25) is 0 Å². The van der Waals surface area contributed by atoms with Crippen LogP contribution in [0.25, 0.3) is 21.9 Å². The van der Waals surface area contributed by atoms with Crippen LogP contribution in [-0.4, -0.2) is 11.9 Å². The topological polar surface area (TPSA) is 78.1 Å². The van der Waals surface area contributed by atoms with Gasteiger partial charge in [0.15, 0.2) is 0 Å². The highest BCUT2D eigenvalue weighted by molar-refractivity contribution is 6.06. The number of amides is 1. The summed E-state index contributed by atoms with van der Waals surface area (Å²) in [5.74, 6) is -0.156. The average molecular weight is 355 g/mol. The molecular formula is C22H17N3O2. The van der Waals surface area contributed by atoms with Crippen molar-refractivity contribution in [2.75, 3.05) is 10.6 Å². The van der Waals surface area contributed by atoms with E-state index in [9.17, 15) is 4.79 Å². The molecule has 1 aromatic heterocycles. The SMILES string of the molecule is C[C@H](Nc1ccc2oc3ccccc3c2c1)C(=O)Nc1ccc(C#N)cc1. The number of nitrogens with zero attached hydrogens (tertiary/aromatic N) is 1. The fraction of sp³-hybridized carbons (Fsp3) is 0.0909. The summed E-state index contributed by atoms with van der Waals surface area (Å²) >= 11 is 0. The van der Waals surface area contributed by atoms with Crippen LogP contribution in [0.5, 0.6) is 0 Å². The zero-order valence-corrected chi connectivity index (χ0v) is 14.7. The largest absolute Gasteiger partial charge is 0.456 e. The van der Waals surface area contributed by atoms with Crippen LogP contribution < -0.4 is 10.6 Å². The zero-order valence-electron chi connectivity index (χ0n) is 14.7. The van der Waals surface area contributed by atoms with Gasteiger partial charge in [0.2, 0.25) is 5.91 Å². The first-order chi connectivity index (χ1) is 13.1. The lowest BCUT2D eigenvalue weighted by molar-refractivity contribution is -0.116. The van der Waals surface area contributed by atoms with Gasteiger partial charge in [0.05, 0.1) is 11.6 Å². The van der Waals surface area contributed by atoms with Crippen LogP contribution in [0, 0.1) is 11.3 Å². The van der Waals surface area contributed by atoms with Crippen molar-refractivity contribution in [2.45, 2.75) is 13.0 Å². The maximum absolute atomic E-state index is 12.4. The molecule has 0 aliphatic rings. The molecule has 0 radical (unpaired) electrons. The molecule has 132 valence electrons. The standard InChI is InChI=1S/C22H17N3O2/c1-14(22(26)25-16-8-6-15(13-23)7-9-16)24-17-10-11-21-19(12-17)18-4-2-3-5-20(18)27-21/h2-12,14,24H,1H3,(H,25,26)/t14-/m0/s1. The summed E-state index contributed by atoms with van der Waals surface area (Å²) in [7, 11) is 0. The van der Waals surface area contributed by atoms with Crippen molar-refractivity contribution in [2.24, 2.45) is 0 Å². The molecule has 1 amide bonds. The van der Waals surface area contributed by atoms with Crippen LogP contribution in [0.4, 0.5) is 11.4 Å². The van der Waals surface area contributed by atoms with E-state index in [-0.39, 0.29) is 5.91 Å². The minimum atomic E-state index is -0.434. The van der Waals surface area contributed by atoms with Crippen LogP contribution in [0.1, 0.15) is 12.5 Å². The van der Waals surface area contributed by atoms with E-state index in [2.05, 4.69) is 16.7 Å². The summed E-state index contributed by atoms with van der Waals surface area (Å²) in [4.78, 5) is 12.4. The van der Waals surface area contributed by atoms with Gasteiger partial charge in [-0.2, -0.15) is 5.26 Å². The highest BCUT2D eigenvalue weighted by Gasteiger charge is 2.14. The smallest absolute Gasteiger partial charge is 0.246 e. The molecule has 5 heteroatoms. The Labute approximate surface area is 156 Å². The summed E-state index contributed by atoms with van der Waals surface area (Å²) in [6.45, 7) is 1.80. The summed E-state index contributed by atoms with van der Waals surface area (Å²) < 4.78 is 5.83. The van der Waals surface area contributed by atoms with Gasteiger partial charge in [0.1, 0.15) is 17.2 Å². The zero-order chi connectivity index (χ0) is 18.8. The van der Waals surface area contributed by atoms with Gasteiger partial charge in [-0.05, 0) is 55.5 Å². The van der Waals surface area contributed by atoms with E-state index < -0.39 is 6.04 Å². The molecule has 0 aliphatic heterocycles. The quantitative estimate of drug-likeness (QED) is 0.546. The van der Waals surface area contributed by atoms with Crippen molar-refractivity contribution in [1.29, 1.82) is 5.26 Å². The van der Waals surface area contributed by atoms with Gasteiger partial charge in [-0.25, -0.2) is 0 Å². The number of carbonyl (C=O) groups is 1. The molecule has 5 nitrogen and oxygen atoms in total. The predicted molar refractivity (Wildman–Crippen MR) is 107 cm³/mol. The second-order valence-corrected chi connectivity index (χ2v) is 6.35. The molecule has 0 bridgehead atoms. The number of para-hydroxylation sites is 1. The Morgan fingerprint density at radius 2 is 1.67 bits per heavy atom. The summed E-state index contributed by atoms with van der Waals surface area (Å²) in [6, 6.07) is 22.1. The van der Waals surface area contributed by atoms with Gasteiger partial charge < -0.3 is 15.1 Å². The lowest BCUT2D eigenvalue weighted by Gasteiger charge is -2.15. The molecule has 0 saturated heterocycles. The lowest BCUT2D eigenvalue weighted by Crippen LogP contribution is -2.31. The number of hydrogen-bond donors (Lipinski definition) is 2. The molecule has 0 spiro atoms. The van der Waals surface area contributed by atoms with Gasteiger partial charge in [0, 0.05) is 22.1 Å². The van der Waals surface area contributed by atoms with Gasteiger partial charge in [0.25, 0.3) is 0 Å². The predicted octanol–water partition coefficient (Wildman–Crippen LogP) is 4.90. The number of hydrogen-bond acceptors (Lipinski definition) is 4. The number of furan rings is 1. The van der Waals surface area contributed by atoms with Crippen molar-refractivity contribution in [3.63, 3.8) is 0 Å². The molecule has 1 heterocycles. The Hall–Kier alpha value is -3.78. The highest BCUT2D eigenvalue weighted by atomic mass is 16.3. The maximum Gasteiger partial charge on any atom is 0.246 e. The monoisotopic (exact) mass is 355 g/mol. The third-order valence-corrected chi connectivity index (χ3v) is 4.43. The van der Waals surface area contributed by atoms with Crippen molar-refractivity contribution in [3.05, 3.63) is 72.3 Å². The molecule has 4 aromatic rings. The second-order valence-electron chi connectivity index (χ2n) is 6.35. The van der Waals surface area contributed by atoms with Gasteiger partial charge in [-0.15, -0.1) is 0 Å². The molecule has 0 fully saturated rings. The Balaban J connectivity index is 1.51. The second kappa shape index (κ2) is 6.85. The molecular weight excluding hydrogens is 338 g/mol. The van der Waals surface area contributed by atoms with E-state index in [1.807, 2.05) is 42.5 Å². The van der Waals surface area contributed by atoms with E-state index >= 15 is 0 Å². The third-order valence-electron chi connectivity index (χ3n) is 4.43. The summed E-state index contributed by atoms with van der Waals surface area (Å²) in [5, 5.41) is 17.0. The van der Waals surface area contributed by atoms with Crippen molar-refractivity contribution in [3.8, 4) is 6.07 Å². The van der Waals surface area contributed by atoms with Gasteiger partial charge in [-0.1, -0.05) is 18.2 Å². The lowest BCUT2D eigenvalue weighted by atomic mass is 10.1. The van der Waals surface area contributed by atoms with Crippen LogP contribution >= 0.6 is 0 Å². The Bertz CT molecular complexity index is 1170. The minimum Gasteiger partial charge on any atom is -0.456 e. The molecule has 0 unspecified atom stereocenters. The first kappa shape index (κ1) is 16.7. The summed E-state index contributed by atoms with van der Waals surface area (Å²) in [6.07, 6.45) is 0.